The molecule has 6 heteroatoms. The van der Waals surface area contributed by atoms with Gasteiger partial charge in [-0.1, -0.05) is 6.92 Å². The summed E-state index contributed by atoms with van der Waals surface area (Å²) in [5.74, 6) is -0.839. The molecule has 1 aromatic heterocycles. The second kappa shape index (κ2) is 5.67. The van der Waals surface area contributed by atoms with Crippen LogP contribution in [0.1, 0.15) is 26.0 Å². The lowest BCUT2D eigenvalue weighted by Crippen LogP contribution is -2.48. The SMILES string of the molecule is CCC1COC(C)CN1c1nc(CC(=O)O)cs1. The van der Waals surface area contributed by atoms with Gasteiger partial charge in [0.25, 0.3) is 0 Å². The minimum Gasteiger partial charge on any atom is -0.481 e. The zero-order valence-corrected chi connectivity index (χ0v) is 11.4. The maximum absolute atomic E-state index is 10.7. The number of nitrogens with zero attached hydrogens (tertiary/aromatic N) is 2. The van der Waals surface area contributed by atoms with Crippen LogP contribution in [0.5, 0.6) is 0 Å². The number of thiazole rings is 1. The van der Waals surface area contributed by atoms with Crippen LogP contribution in [0.25, 0.3) is 0 Å². The molecule has 1 saturated heterocycles. The Morgan fingerprint density at radius 2 is 2.50 bits per heavy atom. The lowest BCUT2D eigenvalue weighted by atomic mass is 10.1. The van der Waals surface area contributed by atoms with E-state index in [9.17, 15) is 4.79 Å². The average molecular weight is 270 g/mol. The van der Waals surface area contributed by atoms with Gasteiger partial charge in [-0.3, -0.25) is 4.79 Å². The normalized spacial score (nSPS) is 24.2. The number of anilines is 1. The number of hydrogen-bond acceptors (Lipinski definition) is 5. The monoisotopic (exact) mass is 270 g/mol. The highest BCUT2D eigenvalue weighted by atomic mass is 32.1. The van der Waals surface area contributed by atoms with E-state index in [0.717, 1.165) is 18.1 Å². The Balaban J connectivity index is 2.12. The first kappa shape index (κ1) is 13.3. The zero-order chi connectivity index (χ0) is 13.1. The molecule has 2 heterocycles. The van der Waals surface area contributed by atoms with Gasteiger partial charge in [-0.25, -0.2) is 4.98 Å². The number of rotatable bonds is 4. The van der Waals surface area contributed by atoms with Crippen molar-refractivity contribution in [3.8, 4) is 0 Å². The Bertz CT molecular complexity index is 421. The van der Waals surface area contributed by atoms with E-state index in [4.69, 9.17) is 9.84 Å². The first-order valence-corrected chi connectivity index (χ1v) is 7.02. The molecule has 0 radical (unpaired) electrons. The summed E-state index contributed by atoms with van der Waals surface area (Å²) in [7, 11) is 0. The summed E-state index contributed by atoms with van der Waals surface area (Å²) in [6, 6.07) is 0.338. The van der Waals surface area contributed by atoms with Crippen molar-refractivity contribution in [1.82, 2.24) is 4.98 Å². The fourth-order valence-electron chi connectivity index (χ4n) is 2.08. The highest BCUT2D eigenvalue weighted by molar-refractivity contribution is 7.13. The summed E-state index contributed by atoms with van der Waals surface area (Å²) in [6.45, 7) is 5.71. The minimum absolute atomic E-state index is 0.00676. The van der Waals surface area contributed by atoms with Gasteiger partial charge in [0.2, 0.25) is 0 Å². The number of hydrogen-bond donors (Lipinski definition) is 1. The van der Waals surface area contributed by atoms with Crippen LogP contribution < -0.4 is 4.90 Å². The molecule has 0 aliphatic carbocycles. The molecule has 0 amide bonds. The van der Waals surface area contributed by atoms with Gasteiger partial charge in [0, 0.05) is 11.9 Å². The van der Waals surface area contributed by atoms with E-state index in [2.05, 4.69) is 16.8 Å². The fraction of sp³-hybridized carbons (Fsp3) is 0.667. The Hall–Kier alpha value is -1.14. The number of carboxylic acids is 1. The number of carbonyl (C=O) groups is 1. The maximum atomic E-state index is 10.7. The number of carboxylic acid groups (broad SMARTS) is 1. The third-order valence-electron chi connectivity index (χ3n) is 3.06. The molecular weight excluding hydrogens is 252 g/mol. The molecule has 5 nitrogen and oxygen atoms in total. The van der Waals surface area contributed by atoms with Crippen molar-refractivity contribution in [2.75, 3.05) is 18.1 Å². The quantitative estimate of drug-likeness (QED) is 0.903. The number of morpholine rings is 1. The summed E-state index contributed by atoms with van der Waals surface area (Å²) in [5, 5.41) is 11.5. The summed E-state index contributed by atoms with van der Waals surface area (Å²) >= 11 is 1.52. The second-order valence-electron chi connectivity index (χ2n) is 4.55. The molecule has 1 aliphatic heterocycles. The van der Waals surface area contributed by atoms with Gasteiger partial charge in [0.15, 0.2) is 5.13 Å². The van der Waals surface area contributed by atoms with Crippen LogP contribution in [0.15, 0.2) is 5.38 Å². The number of aromatic nitrogens is 1. The molecule has 2 rings (SSSR count). The standard InChI is InChI=1S/C12H18N2O3S/c1-3-10-6-17-8(2)5-14(10)12-13-9(7-18-12)4-11(15)16/h7-8,10H,3-6H2,1-2H3,(H,15,16). The van der Waals surface area contributed by atoms with Crippen molar-refractivity contribution in [3.63, 3.8) is 0 Å². The van der Waals surface area contributed by atoms with E-state index in [0.29, 0.717) is 18.3 Å². The second-order valence-corrected chi connectivity index (χ2v) is 5.39. The summed E-state index contributed by atoms with van der Waals surface area (Å²) in [5.41, 5.74) is 0.636. The van der Waals surface area contributed by atoms with E-state index < -0.39 is 5.97 Å². The minimum atomic E-state index is -0.839. The van der Waals surface area contributed by atoms with Gasteiger partial charge >= 0.3 is 5.97 Å². The van der Waals surface area contributed by atoms with E-state index in [1.807, 2.05) is 12.3 Å². The van der Waals surface area contributed by atoms with E-state index >= 15 is 0 Å². The van der Waals surface area contributed by atoms with Crippen LogP contribution in [-0.2, 0) is 16.0 Å². The predicted octanol–water partition coefficient (Wildman–Crippen LogP) is 1.77. The highest BCUT2D eigenvalue weighted by Crippen LogP contribution is 2.27. The molecule has 100 valence electrons. The molecule has 1 aliphatic rings. The molecule has 18 heavy (non-hydrogen) atoms. The largest absolute Gasteiger partial charge is 0.481 e. The number of ether oxygens (including phenoxy) is 1. The molecule has 1 fully saturated rings. The third kappa shape index (κ3) is 3.00. The molecular formula is C12H18N2O3S. The first-order valence-electron chi connectivity index (χ1n) is 6.14. The van der Waals surface area contributed by atoms with E-state index in [-0.39, 0.29) is 12.5 Å². The van der Waals surface area contributed by atoms with Crippen molar-refractivity contribution in [1.29, 1.82) is 0 Å². The Kier molecular flexibility index (Phi) is 4.19. The van der Waals surface area contributed by atoms with Crippen molar-refractivity contribution < 1.29 is 14.6 Å². The van der Waals surface area contributed by atoms with Gasteiger partial charge < -0.3 is 14.7 Å². The zero-order valence-electron chi connectivity index (χ0n) is 10.6. The smallest absolute Gasteiger partial charge is 0.309 e. The van der Waals surface area contributed by atoms with Gasteiger partial charge in [-0.15, -0.1) is 11.3 Å². The molecule has 2 unspecified atom stereocenters. The van der Waals surface area contributed by atoms with Crippen molar-refractivity contribution in [3.05, 3.63) is 11.1 Å². The lowest BCUT2D eigenvalue weighted by molar-refractivity contribution is -0.136. The van der Waals surface area contributed by atoms with Crippen LogP contribution in [0.3, 0.4) is 0 Å². The topological polar surface area (TPSA) is 62.7 Å². The molecule has 0 aromatic carbocycles. The van der Waals surface area contributed by atoms with Gasteiger partial charge in [-0.05, 0) is 13.3 Å². The van der Waals surface area contributed by atoms with Crippen molar-refractivity contribution >= 4 is 22.4 Å². The third-order valence-corrected chi connectivity index (χ3v) is 3.98. The summed E-state index contributed by atoms with van der Waals surface area (Å²) < 4.78 is 5.65. The van der Waals surface area contributed by atoms with Crippen LogP contribution in [-0.4, -0.2) is 41.4 Å². The molecule has 0 saturated carbocycles. The van der Waals surface area contributed by atoms with Crippen LogP contribution in [0.4, 0.5) is 5.13 Å². The van der Waals surface area contributed by atoms with Crippen molar-refractivity contribution in [2.45, 2.75) is 38.8 Å². The molecule has 0 spiro atoms. The van der Waals surface area contributed by atoms with Crippen LogP contribution in [0, 0.1) is 0 Å². The van der Waals surface area contributed by atoms with E-state index in [1.165, 1.54) is 11.3 Å². The molecule has 0 bridgehead atoms. The van der Waals surface area contributed by atoms with Crippen molar-refractivity contribution in [2.24, 2.45) is 0 Å². The Labute approximate surface area is 110 Å². The predicted molar refractivity (Wildman–Crippen MR) is 70.3 cm³/mol. The molecule has 1 N–H and O–H groups in total. The summed E-state index contributed by atoms with van der Waals surface area (Å²) in [4.78, 5) is 17.3. The van der Waals surface area contributed by atoms with Crippen LogP contribution >= 0.6 is 11.3 Å². The highest BCUT2D eigenvalue weighted by Gasteiger charge is 2.27. The first-order chi connectivity index (χ1) is 8.60. The number of aliphatic carboxylic acids is 1. The Morgan fingerprint density at radius 3 is 3.17 bits per heavy atom. The molecule has 1 aromatic rings. The lowest BCUT2D eigenvalue weighted by Gasteiger charge is -2.38. The summed E-state index contributed by atoms with van der Waals surface area (Å²) in [6.07, 6.45) is 1.19. The maximum Gasteiger partial charge on any atom is 0.309 e. The van der Waals surface area contributed by atoms with Crippen LogP contribution in [0.2, 0.25) is 0 Å². The molecule has 2 atom stereocenters. The van der Waals surface area contributed by atoms with Gasteiger partial charge in [0.05, 0.1) is 30.9 Å². The average Bonchev–Trinajstić information content (AvgIpc) is 2.76. The van der Waals surface area contributed by atoms with Gasteiger partial charge in [-0.2, -0.15) is 0 Å². The van der Waals surface area contributed by atoms with Gasteiger partial charge in [0.1, 0.15) is 0 Å². The Morgan fingerprint density at radius 1 is 1.72 bits per heavy atom. The fourth-order valence-corrected chi connectivity index (χ4v) is 2.99. The van der Waals surface area contributed by atoms with E-state index in [1.54, 1.807) is 0 Å².